The molecule has 0 aliphatic heterocycles. The van der Waals surface area contributed by atoms with E-state index in [0.717, 1.165) is 0 Å². The Bertz CT molecular complexity index is 517. The number of carbonyl (C=O) groups is 2. The first-order valence-electron chi connectivity index (χ1n) is 6.49. The lowest BCUT2D eigenvalue weighted by Crippen LogP contribution is -2.21. The molecule has 100 valence electrons. The maximum absolute atomic E-state index is 12.1. The van der Waals surface area contributed by atoms with Crippen molar-refractivity contribution in [3.8, 4) is 11.5 Å². The molecule has 0 spiro atoms. The van der Waals surface area contributed by atoms with Crippen molar-refractivity contribution in [1.82, 2.24) is 0 Å². The molecule has 0 N–H and O–H groups in total. The Morgan fingerprint density at radius 1 is 1.53 bits per heavy atom. The maximum Gasteiger partial charge on any atom is 0.231 e. The minimum atomic E-state index is -1.57. The summed E-state index contributed by atoms with van der Waals surface area (Å²) in [6.45, 7) is 9.79. The second kappa shape index (κ2) is 6.52. The Balaban J connectivity index is 2.96. The monoisotopic (exact) mass is 272 g/mol. The summed E-state index contributed by atoms with van der Waals surface area (Å²) in [7, 11) is -1.57. The molecule has 0 amide bonds. The van der Waals surface area contributed by atoms with E-state index in [2.05, 4.69) is 43.4 Å². The van der Waals surface area contributed by atoms with Gasteiger partial charge < -0.3 is 0 Å². The highest BCUT2D eigenvalue weighted by Crippen LogP contribution is 2.27. The summed E-state index contributed by atoms with van der Waals surface area (Å²) in [5.41, 5.74) is 6.34. The summed E-state index contributed by atoms with van der Waals surface area (Å²) >= 11 is 0. The van der Waals surface area contributed by atoms with Crippen molar-refractivity contribution in [2.24, 2.45) is 5.92 Å². The van der Waals surface area contributed by atoms with Gasteiger partial charge in [0.1, 0.15) is 8.07 Å². The Labute approximate surface area is 116 Å². The van der Waals surface area contributed by atoms with E-state index in [-0.39, 0.29) is 17.5 Å². The third kappa shape index (κ3) is 5.26. The van der Waals surface area contributed by atoms with Crippen LogP contribution in [0, 0.1) is 17.4 Å². The highest BCUT2D eigenvalue weighted by molar-refractivity contribution is 6.84. The molecular formula is C16H20O2Si. The predicted molar refractivity (Wildman–Crippen MR) is 80.3 cm³/mol. The minimum absolute atomic E-state index is 0.0250. The number of carbonyl (C=O) groups excluding carboxylic acids is 2. The summed E-state index contributed by atoms with van der Waals surface area (Å²) in [5, 5.41) is 0. The van der Waals surface area contributed by atoms with Crippen molar-refractivity contribution in [2.75, 3.05) is 0 Å². The van der Waals surface area contributed by atoms with Crippen LogP contribution in [0.25, 0.3) is 0 Å². The minimum Gasteiger partial charge on any atom is -0.295 e. The summed E-state index contributed by atoms with van der Waals surface area (Å²) in [4.78, 5) is 23.6. The second-order valence-corrected chi connectivity index (χ2v) is 10.5. The molecule has 0 bridgehead atoms. The van der Waals surface area contributed by atoms with E-state index in [1.807, 2.05) is 6.08 Å². The first-order valence-corrected chi connectivity index (χ1v) is 9.99. The van der Waals surface area contributed by atoms with Crippen LogP contribution in [0.2, 0.25) is 19.6 Å². The third-order valence-electron chi connectivity index (χ3n) is 2.86. The van der Waals surface area contributed by atoms with Gasteiger partial charge in [0.25, 0.3) is 0 Å². The lowest BCUT2D eigenvalue weighted by molar-refractivity contribution is -0.117. The quantitative estimate of drug-likeness (QED) is 0.449. The van der Waals surface area contributed by atoms with E-state index in [9.17, 15) is 9.59 Å². The zero-order chi connectivity index (χ0) is 14.5. The van der Waals surface area contributed by atoms with E-state index in [0.29, 0.717) is 24.8 Å². The SMILES string of the molecule is C=C=CCC1CCC(=O)C=C1C(=O)C#C[Si](C)(C)C. The molecule has 0 saturated heterocycles. The van der Waals surface area contributed by atoms with Crippen LogP contribution >= 0.6 is 0 Å². The second-order valence-electron chi connectivity index (χ2n) is 5.77. The van der Waals surface area contributed by atoms with Crippen LogP contribution in [0.5, 0.6) is 0 Å². The summed E-state index contributed by atoms with van der Waals surface area (Å²) < 4.78 is 0. The number of hydrogen-bond acceptors (Lipinski definition) is 2. The van der Waals surface area contributed by atoms with Gasteiger partial charge in [0, 0.05) is 12.0 Å². The van der Waals surface area contributed by atoms with Crippen LogP contribution in [0.3, 0.4) is 0 Å². The van der Waals surface area contributed by atoms with E-state index >= 15 is 0 Å². The van der Waals surface area contributed by atoms with E-state index in [1.54, 1.807) is 0 Å². The molecule has 0 fully saturated rings. The van der Waals surface area contributed by atoms with Crippen molar-refractivity contribution in [3.05, 3.63) is 30.0 Å². The number of ketones is 2. The van der Waals surface area contributed by atoms with Crippen LogP contribution in [0.1, 0.15) is 19.3 Å². The Morgan fingerprint density at radius 3 is 2.79 bits per heavy atom. The summed E-state index contributed by atoms with van der Waals surface area (Å²) in [6, 6.07) is 0. The maximum atomic E-state index is 12.1. The van der Waals surface area contributed by atoms with E-state index in [4.69, 9.17) is 0 Å². The van der Waals surface area contributed by atoms with Gasteiger partial charge in [-0.1, -0.05) is 26.2 Å². The van der Waals surface area contributed by atoms with Crippen molar-refractivity contribution < 1.29 is 9.59 Å². The zero-order valence-electron chi connectivity index (χ0n) is 11.9. The van der Waals surface area contributed by atoms with Gasteiger partial charge in [-0.05, 0) is 36.8 Å². The first-order chi connectivity index (χ1) is 8.83. The highest BCUT2D eigenvalue weighted by Gasteiger charge is 2.25. The fourth-order valence-corrected chi connectivity index (χ4v) is 2.36. The molecule has 1 atom stereocenters. The molecule has 0 aromatic rings. The first kappa shape index (κ1) is 15.4. The predicted octanol–water partition coefficient (Wildman–Crippen LogP) is 3.07. The largest absolute Gasteiger partial charge is 0.295 e. The van der Waals surface area contributed by atoms with Gasteiger partial charge in [-0.15, -0.1) is 11.3 Å². The average molecular weight is 272 g/mol. The molecule has 19 heavy (non-hydrogen) atoms. The van der Waals surface area contributed by atoms with Gasteiger partial charge in [0.2, 0.25) is 5.78 Å². The standard InChI is InChI=1S/C16H20O2Si/c1-5-6-7-13-8-9-14(17)12-15(13)16(18)10-11-19(2,3)4/h6,12-13H,1,7-9H2,2-4H3. The lowest BCUT2D eigenvalue weighted by atomic mass is 9.83. The molecule has 0 aromatic carbocycles. The van der Waals surface area contributed by atoms with Gasteiger partial charge in [-0.3, -0.25) is 9.59 Å². The molecule has 0 radical (unpaired) electrons. The number of hydrogen-bond donors (Lipinski definition) is 0. The average Bonchev–Trinajstić information content (AvgIpc) is 2.33. The molecule has 2 nitrogen and oxygen atoms in total. The van der Waals surface area contributed by atoms with Crippen LogP contribution < -0.4 is 0 Å². The Hall–Kier alpha value is -1.62. The van der Waals surface area contributed by atoms with Crippen molar-refractivity contribution in [2.45, 2.75) is 38.9 Å². The van der Waals surface area contributed by atoms with Crippen LogP contribution in [0.15, 0.2) is 30.0 Å². The van der Waals surface area contributed by atoms with Crippen molar-refractivity contribution >= 4 is 19.6 Å². The summed E-state index contributed by atoms with van der Waals surface area (Å²) in [5.74, 6) is 2.63. The van der Waals surface area contributed by atoms with Gasteiger partial charge in [0.15, 0.2) is 5.78 Å². The fraction of sp³-hybridized carbons (Fsp3) is 0.438. The molecule has 1 aliphatic carbocycles. The van der Waals surface area contributed by atoms with Crippen LogP contribution in [-0.2, 0) is 9.59 Å². The van der Waals surface area contributed by atoms with Gasteiger partial charge in [-0.25, -0.2) is 0 Å². The number of allylic oxidation sites excluding steroid dienone is 3. The molecule has 1 rings (SSSR count). The molecule has 1 aliphatic rings. The van der Waals surface area contributed by atoms with Gasteiger partial charge >= 0.3 is 0 Å². The number of rotatable bonds is 3. The topological polar surface area (TPSA) is 34.1 Å². The Morgan fingerprint density at radius 2 is 2.21 bits per heavy atom. The fourth-order valence-electron chi connectivity index (χ4n) is 1.87. The van der Waals surface area contributed by atoms with Crippen LogP contribution in [-0.4, -0.2) is 19.6 Å². The van der Waals surface area contributed by atoms with Crippen molar-refractivity contribution in [1.29, 1.82) is 0 Å². The molecular weight excluding hydrogens is 252 g/mol. The van der Waals surface area contributed by atoms with Gasteiger partial charge in [0.05, 0.1) is 0 Å². The van der Waals surface area contributed by atoms with E-state index in [1.165, 1.54) is 6.08 Å². The smallest absolute Gasteiger partial charge is 0.231 e. The molecule has 0 saturated carbocycles. The van der Waals surface area contributed by atoms with Crippen LogP contribution in [0.4, 0.5) is 0 Å². The normalized spacial score (nSPS) is 18.8. The lowest BCUT2D eigenvalue weighted by Gasteiger charge is -2.19. The van der Waals surface area contributed by atoms with Gasteiger partial charge in [-0.2, -0.15) is 0 Å². The molecule has 0 heterocycles. The highest BCUT2D eigenvalue weighted by atomic mass is 28.3. The molecule has 3 heteroatoms. The third-order valence-corrected chi connectivity index (χ3v) is 3.73. The van der Waals surface area contributed by atoms with E-state index < -0.39 is 8.07 Å². The number of Topliss-reactive ketones (excluding diaryl/α,β-unsaturated/α-hetero) is 1. The molecule has 0 aromatic heterocycles. The zero-order valence-corrected chi connectivity index (χ0v) is 12.9. The summed E-state index contributed by atoms with van der Waals surface area (Å²) in [6.07, 6.45) is 5.21. The Kier molecular flexibility index (Phi) is 5.29. The molecule has 1 unspecified atom stereocenters. The van der Waals surface area contributed by atoms with Crippen molar-refractivity contribution in [3.63, 3.8) is 0 Å².